The van der Waals surface area contributed by atoms with Gasteiger partial charge in [0.1, 0.15) is 6.54 Å². The Labute approximate surface area is 160 Å². The number of aromatic nitrogens is 2. The summed E-state index contributed by atoms with van der Waals surface area (Å²) in [7, 11) is 0. The summed E-state index contributed by atoms with van der Waals surface area (Å²) in [5.41, 5.74) is 2.17. The van der Waals surface area contributed by atoms with Crippen molar-refractivity contribution < 1.29 is 4.52 Å². The molecule has 0 unspecified atom stereocenters. The zero-order valence-corrected chi connectivity index (χ0v) is 17.2. The summed E-state index contributed by atoms with van der Waals surface area (Å²) in [4.78, 5) is 9.20. The van der Waals surface area contributed by atoms with Gasteiger partial charge >= 0.3 is 0 Å². The van der Waals surface area contributed by atoms with Crippen molar-refractivity contribution in [3.05, 3.63) is 33.6 Å². The number of rotatable bonds is 10. The zero-order valence-electron chi connectivity index (χ0n) is 16.3. The minimum absolute atomic E-state index is 0.467. The first-order valence-corrected chi connectivity index (χ1v) is 10.5. The van der Waals surface area contributed by atoms with Gasteiger partial charge in [-0.2, -0.15) is 0 Å². The minimum atomic E-state index is 0.467. The van der Waals surface area contributed by atoms with Crippen LogP contribution < -0.4 is 10.6 Å². The lowest BCUT2D eigenvalue weighted by Gasteiger charge is -2.10. The van der Waals surface area contributed by atoms with Crippen LogP contribution in [0.15, 0.2) is 21.0 Å². The lowest BCUT2D eigenvalue weighted by atomic mass is 9.99. The number of hydrogen-bond donors (Lipinski definition) is 2. The van der Waals surface area contributed by atoms with Crippen LogP contribution in [0.2, 0.25) is 0 Å². The van der Waals surface area contributed by atoms with Gasteiger partial charge in [0.2, 0.25) is 0 Å². The summed E-state index contributed by atoms with van der Waals surface area (Å²) in [5.74, 6) is 2.06. The van der Waals surface area contributed by atoms with E-state index in [-0.39, 0.29) is 0 Å². The average Bonchev–Trinajstić information content (AvgIpc) is 3.30. The highest BCUT2D eigenvalue weighted by molar-refractivity contribution is 7.09. The third kappa shape index (κ3) is 6.12. The van der Waals surface area contributed by atoms with Crippen molar-refractivity contribution in [2.45, 2.75) is 65.8 Å². The van der Waals surface area contributed by atoms with Crippen LogP contribution in [0, 0.1) is 0 Å². The predicted octanol–water partition coefficient (Wildman–Crippen LogP) is 3.89. The Kier molecular flexibility index (Phi) is 8.61. The third-order valence-corrected chi connectivity index (χ3v) is 5.34. The number of thiazole rings is 1. The van der Waals surface area contributed by atoms with Gasteiger partial charge in [0.05, 0.1) is 16.4 Å². The first kappa shape index (κ1) is 20.4. The first-order valence-electron chi connectivity index (χ1n) is 9.60. The molecule has 0 aromatic carbocycles. The number of aryl methyl sites for hydroxylation is 1. The normalized spacial score (nSPS) is 12.0. The summed E-state index contributed by atoms with van der Waals surface area (Å²) in [6, 6.07) is 2.03. The number of aliphatic imine (C=N–C) groups is 1. The molecule has 0 spiro atoms. The van der Waals surface area contributed by atoms with Crippen molar-refractivity contribution in [2.75, 3.05) is 13.1 Å². The molecule has 0 saturated heterocycles. The number of nitrogens with zero attached hydrogens (tertiary/aromatic N) is 3. The van der Waals surface area contributed by atoms with Gasteiger partial charge in [-0.15, -0.1) is 11.3 Å². The Morgan fingerprint density at radius 3 is 2.69 bits per heavy atom. The van der Waals surface area contributed by atoms with Crippen molar-refractivity contribution in [2.24, 2.45) is 4.99 Å². The van der Waals surface area contributed by atoms with Gasteiger partial charge in [-0.1, -0.05) is 25.9 Å². The van der Waals surface area contributed by atoms with Gasteiger partial charge in [0.25, 0.3) is 0 Å². The lowest BCUT2D eigenvalue weighted by molar-refractivity contribution is 0.372. The van der Waals surface area contributed by atoms with E-state index >= 15 is 0 Å². The Balaban J connectivity index is 1.87. The Morgan fingerprint density at radius 2 is 2.04 bits per heavy atom. The average molecular weight is 378 g/mol. The van der Waals surface area contributed by atoms with Crippen molar-refractivity contribution in [1.82, 2.24) is 20.8 Å². The van der Waals surface area contributed by atoms with Gasteiger partial charge < -0.3 is 15.2 Å². The molecule has 0 radical (unpaired) electrons. The van der Waals surface area contributed by atoms with Crippen LogP contribution in [0.3, 0.4) is 0 Å². The quantitative estimate of drug-likeness (QED) is 0.485. The van der Waals surface area contributed by atoms with Gasteiger partial charge in [0.15, 0.2) is 11.7 Å². The molecule has 7 heteroatoms. The highest BCUT2D eigenvalue weighted by Crippen LogP contribution is 2.22. The Bertz CT molecular complexity index is 675. The van der Waals surface area contributed by atoms with Crippen LogP contribution >= 0.6 is 11.3 Å². The predicted molar refractivity (Wildman–Crippen MR) is 108 cm³/mol. The molecule has 0 aliphatic rings. The van der Waals surface area contributed by atoms with E-state index in [1.54, 1.807) is 11.3 Å². The van der Waals surface area contributed by atoms with E-state index in [2.05, 4.69) is 58.8 Å². The summed E-state index contributed by atoms with van der Waals surface area (Å²) < 4.78 is 5.45. The second kappa shape index (κ2) is 11.0. The van der Waals surface area contributed by atoms with Gasteiger partial charge in [-0.25, -0.2) is 9.98 Å². The molecular weight excluding hydrogens is 346 g/mol. The zero-order chi connectivity index (χ0) is 18.8. The van der Waals surface area contributed by atoms with Crippen molar-refractivity contribution in [1.29, 1.82) is 0 Å². The number of guanidine groups is 1. The van der Waals surface area contributed by atoms with Crippen LogP contribution in [0.5, 0.6) is 0 Å². The monoisotopic (exact) mass is 377 g/mol. The smallest absolute Gasteiger partial charge is 0.191 e. The van der Waals surface area contributed by atoms with E-state index in [1.807, 2.05) is 6.07 Å². The molecule has 0 bridgehead atoms. The molecule has 2 heterocycles. The maximum absolute atomic E-state index is 5.45. The summed E-state index contributed by atoms with van der Waals surface area (Å²) in [5, 5.41) is 14.2. The van der Waals surface area contributed by atoms with E-state index in [1.165, 1.54) is 5.01 Å². The van der Waals surface area contributed by atoms with Crippen LogP contribution in [0.4, 0.5) is 0 Å². The fourth-order valence-corrected chi connectivity index (χ4v) is 3.52. The molecule has 2 N–H and O–H groups in total. The molecule has 0 aliphatic heterocycles. The molecule has 0 fully saturated rings. The molecule has 0 saturated carbocycles. The van der Waals surface area contributed by atoms with Crippen LogP contribution in [-0.4, -0.2) is 29.2 Å². The molecule has 0 aliphatic carbocycles. The van der Waals surface area contributed by atoms with E-state index in [9.17, 15) is 0 Å². The van der Waals surface area contributed by atoms with Crippen LogP contribution in [0.25, 0.3) is 0 Å². The molecule has 2 aromatic heterocycles. The molecule has 0 amide bonds. The topological polar surface area (TPSA) is 75.3 Å². The van der Waals surface area contributed by atoms with Crippen molar-refractivity contribution in [3.8, 4) is 0 Å². The highest BCUT2D eigenvalue weighted by atomic mass is 32.1. The molecule has 0 atom stereocenters. The summed E-state index contributed by atoms with van der Waals surface area (Å²) in [6.45, 7) is 10.7. The Morgan fingerprint density at radius 1 is 1.23 bits per heavy atom. The summed E-state index contributed by atoms with van der Waals surface area (Å²) >= 11 is 1.73. The molecular formula is C19H31N5OS. The van der Waals surface area contributed by atoms with Crippen molar-refractivity contribution in [3.63, 3.8) is 0 Å². The number of nitrogens with one attached hydrogen (secondary N) is 2. The second-order valence-electron chi connectivity index (χ2n) is 6.19. The fourth-order valence-electron chi connectivity index (χ4n) is 2.74. The van der Waals surface area contributed by atoms with Crippen LogP contribution in [0.1, 0.15) is 68.6 Å². The van der Waals surface area contributed by atoms with Crippen molar-refractivity contribution >= 4 is 17.3 Å². The van der Waals surface area contributed by atoms with E-state index in [0.717, 1.165) is 61.9 Å². The molecule has 26 heavy (non-hydrogen) atoms. The van der Waals surface area contributed by atoms with Gasteiger partial charge in [-0.3, -0.25) is 0 Å². The maximum atomic E-state index is 5.45. The number of hydrogen-bond acceptors (Lipinski definition) is 5. The molecule has 2 rings (SSSR count). The van der Waals surface area contributed by atoms with E-state index in [4.69, 9.17) is 4.52 Å². The highest BCUT2D eigenvalue weighted by Gasteiger charge is 2.12. The maximum Gasteiger partial charge on any atom is 0.191 e. The molecule has 144 valence electrons. The Hall–Kier alpha value is -1.89. The standard InChI is InChI=1S/C19H31N5OS/c1-5-14(6-2)17-11-16(25-24-17)12-22-19(20-8-4)21-10-9-15-13-26-18(7-3)23-15/h11,13-14H,5-10,12H2,1-4H3,(H2,20,21,22). The second-order valence-corrected chi connectivity index (χ2v) is 7.13. The van der Waals surface area contributed by atoms with Gasteiger partial charge in [0, 0.05) is 36.9 Å². The SMILES string of the molecule is CCNC(=NCc1cc(C(CC)CC)no1)NCCc1csc(CC)n1. The summed E-state index contributed by atoms with van der Waals surface area (Å²) in [6.07, 6.45) is 4.04. The van der Waals surface area contributed by atoms with Gasteiger partial charge in [-0.05, 0) is 26.2 Å². The third-order valence-electron chi connectivity index (χ3n) is 4.29. The largest absolute Gasteiger partial charge is 0.359 e. The van der Waals surface area contributed by atoms with E-state index < -0.39 is 0 Å². The van der Waals surface area contributed by atoms with E-state index in [0.29, 0.717) is 12.5 Å². The molecule has 6 nitrogen and oxygen atoms in total. The first-order chi connectivity index (χ1) is 12.7. The van der Waals surface area contributed by atoms with Crippen LogP contribution in [-0.2, 0) is 19.4 Å². The lowest BCUT2D eigenvalue weighted by Crippen LogP contribution is -2.38. The fraction of sp³-hybridized carbons (Fsp3) is 0.632. The minimum Gasteiger partial charge on any atom is -0.359 e. The molecule has 2 aromatic rings.